The average Bonchev–Trinajstić information content (AvgIpc) is 3.68. The molecule has 266 valence electrons. The van der Waals surface area contributed by atoms with Crippen molar-refractivity contribution >= 4 is 21.9 Å². The van der Waals surface area contributed by atoms with Crippen LogP contribution in [-0.4, -0.2) is 15.0 Å². The molecule has 0 amide bonds. The van der Waals surface area contributed by atoms with Crippen molar-refractivity contribution in [2.45, 2.75) is 0 Å². The van der Waals surface area contributed by atoms with E-state index < -0.39 is 0 Å². The largest absolute Gasteiger partial charge is 0.456 e. The standard InChI is InChI=1S/C52H32N4O/c53-33-34-19-21-38(22-20-34)43-29-27-41(31-46(43)37-13-6-2-7-14-37)51-54-50(40-15-8-3-9-16-40)55-52(56-51)42-28-30-45-48(32-42)57-47-18-10-17-44(49(45)47)39-25-23-36(24-26-39)35-11-4-1-5-12-35/h1-32H. The molecule has 5 nitrogen and oxygen atoms in total. The maximum atomic E-state index is 9.41. The highest BCUT2D eigenvalue weighted by Gasteiger charge is 2.18. The minimum atomic E-state index is 0.551. The van der Waals surface area contributed by atoms with Crippen molar-refractivity contribution in [3.63, 3.8) is 0 Å². The Hall–Kier alpha value is -7.94. The van der Waals surface area contributed by atoms with Gasteiger partial charge in [0.2, 0.25) is 0 Å². The molecule has 0 radical (unpaired) electrons. The number of benzene rings is 8. The van der Waals surface area contributed by atoms with Crippen LogP contribution in [-0.2, 0) is 0 Å². The van der Waals surface area contributed by atoms with Crippen LogP contribution in [0, 0.1) is 11.3 Å². The van der Waals surface area contributed by atoms with E-state index in [0.717, 1.165) is 72.0 Å². The molecule has 0 saturated heterocycles. The second kappa shape index (κ2) is 14.4. The Labute approximate surface area is 329 Å². The van der Waals surface area contributed by atoms with E-state index in [1.807, 2.05) is 97.1 Å². The molecule has 0 aliphatic carbocycles. The molecule has 8 aromatic carbocycles. The van der Waals surface area contributed by atoms with Crippen molar-refractivity contribution in [1.82, 2.24) is 15.0 Å². The molecule has 57 heavy (non-hydrogen) atoms. The van der Waals surface area contributed by atoms with E-state index in [1.165, 1.54) is 11.1 Å². The quantitative estimate of drug-likeness (QED) is 0.163. The van der Waals surface area contributed by atoms with Gasteiger partial charge in [-0.05, 0) is 80.9 Å². The fourth-order valence-electron chi connectivity index (χ4n) is 7.54. The Bertz CT molecular complexity index is 3100. The number of rotatable bonds is 7. The molecular formula is C52H32N4O. The molecule has 0 aliphatic rings. The summed E-state index contributed by atoms with van der Waals surface area (Å²) in [6.07, 6.45) is 0. The lowest BCUT2D eigenvalue weighted by Crippen LogP contribution is -2.00. The van der Waals surface area contributed by atoms with Crippen LogP contribution in [0.3, 0.4) is 0 Å². The summed E-state index contributed by atoms with van der Waals surface area (Å²) in [4.78, 5) is 15.2. The van der Waals surface area contributed by atoms with Gasteiger partial charge < -0.3 is 4.42 Å². The van der Waals surface area contributed by atoms with E-state index in [-0.39, 0.29) is 0 Å². The molecule has 0 saturated carbocycles. The normalized spacial score (nSPS) is 11.1. The first-order chi connectivity index (χ1) is 28.2. The first-order valence-electron chi connectivity index (χ1n) is 18.8. The number of fused-ring (bicyclic) bond motifs is 3. The molecule has 0 atom stereocenters. The number of furan rings is 1. The van der Waals surface area contributed by atoms with Gasteiger partial charge in [-0.25, -0.2) is 15.0 Å². The SMILES string of the molecule is N#Cc1ccc(-c2ccc(-c3nc(-c4ccccc4)nc(-c4ccc5c(c4)oc4cccc(-c6ccc(-c7ccccc7)cc6)c45)n3)cc2-c2ccccc2)cc1. The summed E-state index contributed by atoms with van der Waals surface area (Å²) in [5.41, 5.74) is 13.6. The van der Waals surface area contributed by atoms with Gasteiger partial charge in [0, 0.05) is 27.5 Å². The summed E-state index contributed by atoms with van der Waals surface area (Å²) < 4.78 is 6.55. The molecular weight excluding hydrogens is 697 g/mol. The highest BCUT2D eigenvalue weighted by molar-refractivity contribution is 6.13. The Kier molecular flexibility index (Phi) is 8.48. The molecule has 5 heteroatoms. The first-order valence-corrected chi connectivity index (χ1v) is 18.8. The number of hydrogen-bond acceptors (Lipinski definition) is 5. The Balaban J connectivity index is 1.09. The van der Waals surface area contributed by atoms with E-state index in [4.69, 9.17) is 19.4 Å². The Morgan fingerprint density at radius 3 is 1.51 bits per heavy atom. The van der Waals surface area contributed by atoms with E-state index in [9.17, 15) is 5.26 Å². The van der Waals surface area contributed by atoms with Crippen molar-refractivity contribution in [2.75, 3.05) is 0 Å². The smallest absolute Gasteiger partial charge is 0.164 e. The maximum absolute atomic E-state index is 9.41. The third-order valence-corrected chi connectivity index (χ3v) is 10.4. The van der Waals surface area contributed by atoms with Crippen LogP contribution in [0.4, 0.5) is 0 Å². The van der Waals surface area contributed by atoms with Gasteiger partial charge >= 0.3 is 0 Å². The third-order valence-electron chi connectivity index (χ3n) is 10.4. The fraction of sp³-hybridized carbons (Fsp3) is 0. The molecule has 0 N–H and O–H groups in total. The molecule has 2 aromatic heterocycles. The highest BCUT2D eigenvalue weighted by Crippen LogP contribution is 2.40. The zero-order valence-corrected chi connectivity index (χ0v) is 30.7. The topological polar surface area (TPSA) is 75.6 Å². The van der Waals surface area contributed by atoms with Crippen LogP contribution < -0.4 is 0 Å². The zero-order valence-electron chi connectivity index (χ0n) is 30.7. The lowest BCUT2D eigenvalue weighted by Gasteiger charge is -2.14. The van der Waals surface area contributed by atoms with Gasteiger partial charge in [-0.1, -0.05) is 158 Å². The first kappa shape index (κ1) is 33.6. The molecule has 0 aliphatic heterocycles. The summed E-state index contributed by atoms with van der Waals surface area (Å²) in [7, 11) is 0. The molecule has 0 bridgehead atoms. The van der Waals surface area contributed by atoms with Crippen LogP contribution in [0.25, 0.3) is 101 Å². The lowest BCUT2D eigenvalue weighted by atomic mass is 9.92. The number of nitriles is 1. The van der Waals surface area contributed by atoms with Gasteiger partial charge in [0.1, 0.15) is 11.2 Å². The van der Waals surface area contributed by atoms with Gasteiger partial charge in [-0.15, -0.1) is 0 Å². The summed E-state index contributed by atoms with van der Waals surface area (Å²) in [6.45, 7) is 0. The van der Waals surface area contributed by atoms with Crippen LogP contribution in [0.15, 0.2) is 199 Å². The minimum absolute atomic E-state index is 0.551. The number of hydrogen-bond donors (Lipinski definition) is 0. The molecule has 0 fully saturated rings. The molecule has 0 unspecified atom stereocenters. The average molecular weight is 729 g/mol. The van der Waals surface area contributed by atoms with Gasteiger partial charge in [0.05, 0.1) is 11.6 Å². The van der Waals surface area contributed by atoms with Crippen LogP contribution in [0.5, 0.6) is 0 Å². The Morgan fingerprint density at radius 2 is 0.842 bits per heavy atom. The van der Waals surface area contributed by atoms with Gasteiger partial charge in [-0.2, -0.15) is 5.26 Å². The zero-order chi connectivity index (χ0) is 38.1. The van der Waals surface area contributed by atoms with Crippen molar-refractivity contribution in [3.8, 4) is 84.7 Å². The van der Waals surface area contributed by atoms with Gasteiger partial charge in [0.15, 0.2) is 17.5 Å². The number of aromatic nitrogens is 3. The van der Waals surface area contributed by atoms with Gasteiger partial charge in [-0.3, -0.25) is 0 Å². The van der Waals surface area contributed by atoms with Crippen LogP contribution in [0.2, 0.25) is 0 Å². The van der Waals surface area contributed by atoms with Crippen molar-refractivity contribution < 1.29 is 4.42 Å². The molecule has 2 heterocycles. The summed E-state index contributed by atoms with van der Waals surface area (Å²) >= 11 is 0. The maximum Gasteiger partial charge on any atom is 0.164 e. The Morgan fingerprint density at radius 1 is 0.351 bits per heavy atom. The lowest BCUT2D eigenvalue weighted by molar-refractivity contribution is 0.669. The van der Waals surface area contributed by atoms with E-state index in [2.05, 4.69) is 103 Å². The second-order valence-electron chi connectivity index (χ2n) is 13.9. The number of nitrogens with zero attached hydrogens (tertiary/aromatic N) is 4. The van der Waals surface area contributed by atoms with Crippen molar-refractivity contribution in [3.05, 3.63) is 200 Å². The van der Waals surface area contributed by atoms with E-state index >= 15 is 0 Å². The summed E-state index contributed by atoms with van der Waals surface area (Å²) in [5.74, 6) is 1.70. The van der Waals surface area contributed by atoms with Gasteiger partial charge in [0.25, 0.3) is 0 Å². The third kappa shape index (κ3) is 6.42. The van der Waals surface area contributed by atoms with E-state index in [0.29, 0.717) is 23.0 Å². The predicted octanol–water partition coefficient (Wildman–Crippen LogP) is 13.3. The second-order valence-corrected chi connectivity index (χ2v) is 13.9. The highest BCUT2D eigenvalue weighted by atomic mass is 16.3. The van der Waals surface area contributed by atoms with Crippen LogP contribution >= 0.6 is 0 Å². The predicted molar refractivity (Wildman–Crippen MR) is 230 cm³/mol. The van der Waals surface area contributed by atoms with Crippen molar-refractivity contribution in [2.24, 2.45) is 0 Å². The molecule has 10 rings (SSSR count). The molecule has 0 spiro atoms. The summed E-state index contributed by atoms with van der Waals surface area (Å²) in [5, 5.41) is 11.5. The van der Waals surface area contributed by atoms with Crippen LogP contribution in [0.1, 0.15) is 5.56 Å². The fourth-order valence-corrected chi connectivity index (χ4v) is 7.54. The van der Waals surface area contributed by atoms with Crippen molar-refractivity contribution in [1.29, 1.82) is 5.26 Å². The van der Waals surface area contributed by atoms with E-state index in [1.54, 1.807) is 0 Å². The molecule has 10 aromatic rings. The minimum Gasteiger partial charge on any atom is -0.456 e. The monoisotopic (exact) mass is 728 g/mol. The summed E-state index contributed by atoms with van der Waals surface area (Å²) in [6, 6.07) is 68.1.